The van der Waals surface area contributed by atoms with E-state index in [9.17, 15) is 14.7 Å². The molecule has 1 unspecified atom stereocenters. The van der Waals surface area contributed by atoms with Crippen molar-refractivity contribution in [3.63, 3.8) is 0 Å². The Bertz CT molecular complexity index is 866. The third-order valence-corrected chi connectivity index (χ3v) is 3.90. The van der Waals surface area contributed by atoms with Crippen LogP contribution in [0.3, 0.4) is 0 Å². The lowest BCUT2D eigenvalue weighted by Crippen LogP contribution is -2.34. The fourth-order valence-electron chi connectivity index (χ4n) is 2.52. The van der Waals surface area contributed by atoms with Crippen molar-refractivity contribution in [2.75, 3.05) is 20.2 Å². The van der Waals surface area contributed by atoms with Gasteiger partial charge in [0.15, 0.2) is 0 Å². The molecule has 0 aliphatic heterocycles. The molecule has 0 spiro atoms. The highest BCUT2D eigenvalue weighted by molar-refractivity contribution is 5.90. The number of ether oxygens (including phenoxy) is 2. The minimum absolute atomic E-state index is 0.367. The number of methoxy groups -OCH3 is 1. The molecular weight excluding hydrogens is 388 g/mol. The number of hydrogen-bond acceptors (Lipinski definition) is 8. The summed E-state index contributed by atoms with van der Waals surface area (Å²) in [6.07, 6.45) is 2.28. The topological polar surface area (TPSA) is 123 Å². The number of aromatic nitrogens is 2. The van der Waals surface area contributed by atoms with Crippen LogP contribution in [0.15, 0.2) is 36.7 Å². The number of hydrogen-bond donors (Lipinski definition) is 3. The van der Waals surface area contributed by atoms with Gasteiger partial charge in [0.25, 0.3) is 0 Å². The monoisotopic (exact) mass is 416 g/mol. The zero-order chi connectivity index (χ0) is 22.1. The van der Waals surface area contributed by atoms with Crippen molar-refractivity contribution in [1.29, 1.82) is 0 Å². The van der Waals surface area contributed by atoms with E-state index < -0.39 is 23.9 Å². The number of pyridine rings is 2. The molecule has 2 rings (SSSR count). The minimum Gasteiger partial charge on any atom is -0.465 e. The Morgan fingerprint density at radius 3 is 2.43 bits per heavy atom. The quantitative estimate of drug-likeness (QED) is 0.341. The summed E-state index contributed by atoms with van der Waals surface area (Å²) in [6.45, 7) is 6.29. The maximum absolute atomic E-state index is 11.7. The van der Waals surface area contributed by atoms with Gasteiger partial charge in [-0.25, -0.2) is 9.59 Å². The summed E-state index contributed by atoms with van der Waals surface area (Å²) >= 11 is 0. The maximum Gasteiger partial charge on any atom is 0.407 e. The summed E-state index contributed by atoms with van der Waals surface area (Å²) in [5.74, 6) is -0.462. The molecule has 0 aromatic carbocycles. The van der Waals surface area contributed by atoms with E-state index in [1.165, 1.54) is 13.3 Å². The number of nitrogens with one attached hydrogen (secondary N) is 2. The molecule has 2 aromatic heterocycles. The molecule has 9 heteroatoms. The molecular formula is C21H28N4O5. The number of carbonyl (C=O) groups is 2. The second kappa shape index (κ2) is 10.7. The maximum atomic E-state index is 11.7. The molecule has 0 fully saturated rings. The first-order valence-electron chi connectivity index (χ1n) is 9.58. The number of nitrogens with zero attached hydrogens (tertiary/aromatic N) is 2. The van der Waals surface area contributed by atoms with Crippen LogP contribution in [0.4, 0.5) is 4.79 Å². The van der Waals surface area contributed by atoms with Crippen molar-refractivity contribution in [3.8, 4) is 11.4 Å². The number of carbonyl (C=O) groups excluding carboxylic acids is 2. The molecule has 0 aliphatic rings. The Morgan fingerprint density at radius 2 is 1.77 bits per heavy atom. The zero-order valence-corrected chi connectivity index (χ0v) is 17.6. The highest BCUT2D eigenvalue weighted by Crippen LogP contribution is 2.19. The lowest BCUT2D eigenvalue weighted by Gasteiger charge is -2.19. The molecule has 0 saturated carbocycles. The lowest BCUT2D eigenvalue weighted by molar-refractivity contribution is 0.0525. The van der Waals surface area contributed by atoms with E-state index in [0.29, 0.717) is 42.0 Å². The van der Waals surface area contributed by atoms with Crippen molar-refractivity contribution in [2.24, 2.45) is 0 Å². The summed E-state index contributed by atoms with van der Waals surface area (Å²) in [5.41, 5.74) is 1.44. The molecule has 2 aromatic rings. The highest BCUT2D eigenvalue weighted by Gasteiger charge is 2.15. The van der Waals surface area contributed by atoms with E-state index in [4.69, 9.17) is 9.47 Å². The third-order valence-electron chi connectivity index (χ3n) is 3.90. The Kier molecular flexibility index (Phi) is 8.25. The van der Waals surface area contributed by atoms with Crippen LogP contribution in [0, 0.1) is 0 Å². The largest absolute Gasteiger partial charge is 0.465 e. The number of amides is 1. The molecule has 0 radical (unpaired) electrons. The van der Waals surface area contributed by atoms with Gasteiger partial charge in [-0.3, -0.25) is 15.3 Å². The summed E-state index contributed by atoms with van der Waals surface area (Å²) < 4.78 is 9.88. The summed E-state index contributed by atoms with van der Waals surface area (Å²) in [4.78, 5) is 31.8. The third kappa shape index (κ3) is 7.41. The summed E-state index contributed by atoms with van der Waals surface area (Å²) in [7, 11) is 1.31. The van der Waals surface area contributed by atoms with Crippen LogP contribution in [0.5, 0.6) is 0 Å². The number of rotatable bonds is 8. The number of aliphatic hydroxyl groups excluding tert-OH is 1. The molecule has 9 nitrogen and oxygen atoms in total. The van der Waals surface area contributed by atoms with Gasteiger partial charge in [0.05, 0.1) is 24.1 Å². The normalized spacial score (nSPS) is 12.2. The Labute approximate surface area is 175 Å². The fourth-order valence-corrected chi connectivity index (χ4v) is 2.52. The van der Waals surface area contributed by atoms with Gasteiger partial charge in [-0.2, -0.15) is 0 Å². The van der Waals surface area contributed by atoms with Crippen LogP contribution in [0.2, 0.25) is 0 Å². The molecule has 0 bridgehead atoms. The van der Waals surface area contributed by atoms with E-state index in [0.717, 1.165) is 0 Å². The van der Waals surface area contributed by atoms with Crippen LogP contribution in [-0.2, 0) is 9.47 Å². The van der Waals surface area contributed by atoms with Crippen molar-refractivity contribution in [3.05, 3.63) is 47.8 Å². The Morgan fingerprint density at radius 1 is 1.10 bits per heavy atom. The van der Waals surface area contributed by atoms with Gasteiger partial charge in [-0.15, -0.1) is 0 Å². The molecule has 0 saturated heterocycles. The molecule has 30 heavy (non-hydrogen) atoms. The minimum atomic E-state index is -0.919. The summed E-state index contributed by atoms with van der Waals surface area (Å²) in [6, 6.07) is 6.52. The van der Waals surface area contributed by atoms with E-state index in [-0.39, 0.29) is 0 Å². The first-order valence-corrected chi connectivity index (χ1v) is 9.58. The van der Waals surface area contributed by atoms with Gasteiger partial charge < -0.3 is 19.9 Å². The van der Waals surface area contributed by atoms with Crippen molar-refractivity contribution < 1.29 is 24.2 Å². The number of alkyl carbamates (subject to hydrolysis) is 1. The van der Waals surface area contributed by atoms with Gasteiger partial charge in [0.2, 0.25) is 0 Å². The smallest absolute Gasteiger partial charge is 0.407 e. The van der Waals surface area contributed by atoms with Crippen LogP contribution in [0.25, 0.3) is 11.4 Å². The second-order valence-electron chi connectivity index (χ2n) is 7.53. The predicted molar refractivity (Wildman–Crippen MR) is 111 cm³/mol. The van der Waals surface area contributed by atoms with Gasteiger partial charge in [0, 0.05) is 18.9 Å². The highest BCUT2D eigenvalue weighted by atomic mass is 16.6. The lowest BCUT2D eigenvalue weighted by atomic mass is 10.1. The van der Waals surface area contributed by atoms with Crippen LogP contribution in [-0.4, -0.2) is 52.9 Å². The molecule has 1 atom stereocenters. The van der Waals surface area contributed by atoms with E-state index >= 15 is 0 Å². The van der Waals surface area contributed by atoms with Crippen LogP contribution >= 0.6 is 0 Å². The number of esters is 1. The predicted octanol–water partition coefficient (Wildman–Crippen LogP) is 2.43. The van der Waals surface area contributed by atoms with E-state index in [1.54, 1.807) is 51.2 Å². The molecule has 0 aliphatic carbocycles. The standard InChI is InChI=1S/C21H28N4O5/c1-21(2,3)30-20(28)25-9-5-8-24-18(26)14-6-10-22-16(12-14)17-13-15(7-11-23-17)19(27)29-4/h6-7,10-13,18,24,26H,5,8-9H2,1-4H3,(H,25,28). The average Bonchev–Trinajstić information content (AvgIpc) is 2.71. The SMILES string of the molecule is COC(=O)c1ccnc(-c2cc(C(O)NCCCNC(=O)OC(C)(C)C)ccn2)c1. The van der Waals surface area contributed by atoms with E-state index in [1.807, 2.05) is 0 Å². The van der Waals surface area contributed by atoms with Gasteiger partial charge >= 0.3 is 12.1 Å². The second-order valence-corrected chi connectivity index (χ2v) is 7.53. The van der Waals surface area contributed by atoms with Crippen molar-refractivity contribution >= 4 is 12.1 Å². The Hall–Kier alpha value is -3.04. The van der Waals surface area contributed by atoms with Crippen molar-refractivity contribution in [1.82, 2.24) is 20.6 Å². The number of aliphatic hydroxyl groups is 1. The first kappa shape index (κ1) is 23.2. The Balaban J connectivity index is 1.88. The van der Waals surface area contributed by atoms with Gasteiger partial charge in [-0.1, -0.05) is 0 Å². The average molecular weight is 416 g/mol. The van der Waals surface area contributed by atoms with Crippen LogP contribution in [0.1, 0.15) is 49.3 Å². The van der Waals surface area contributed by atoms with Gasteiger partial charge in [-0.05, 0) is 63.6 Å². The zero-order valence-electron chi connectivity index (χ0n) is 17.6. The molecule has 2 heterocycles. The summed E-state index contributed by atoms with van der Waals surface area (Å²) in [5, 5.41) is 16.0. The van der Waals surface area contributed by atoms with Crippen LogP contribution < -0.4 is 10.6 Å². The molecule has 162 valence electrons. The van der Waals surface area contributed by atoms with Gasteiger partial charge in [0.1, 0.15) is 11.8 Å². The molecule has 3 N–H and O–H groups in total. The molecule has 1 amide bonds. The van der Waals surface area contributed by atoms with Crippen molar-refractivity contribution in [2.45, 2.75) is 39.0 Å². The van der Waals surface area contributed by atoms with E-state index in [2.05, 4.69) is 20.6 Å². The fraction of sp³-hybridized carbons (Fsp3) is 0.429. The first-order chi connectivity index (χ1) is 14.2.